The predicted octanol–water partition coefficient (Wildman–Crippen LogP) is 1.53. The summed E-state index contributed by atoms with van der Waals surface area (Å²) < 4.78 is 19.5. The molecule has 3 rings (SSSR count). The lowest BCUT2D eigenvalue weighted by molar-refractivity contribution is 0.365. The summed E-state index contributed by atoms with van der Waals surface area (Å²) in [5, 5.41) is 4.11. The summed E-state index contributed by atoms with van der Waals surface area (Å²) in [6.07, 6.45) is 2.01. The van der Waals surface area contributed by atoms with Crippen LogP contribution in [-0.4, -0.2) is 19.7 Å². The van der Waals surface area contributed by atoms with Crippen LogP contribution in [0.5, 0.6) is 0 Å². The minimum absolute atomic E-state index is 0.145. The summed E-state index contributed by atoms with van der Waals surface area (Å²) in [4.78, 5) is 20.4. The summed E-state index contributed by atoms with van der Waals surface area (Å²) in [5.74, 6) is 0.503. The van der Waals surface area contributed by atoms with E-state index in [-0.39, 0.29) is 12.1 Å². The Labute approximate surface area is 112 Å². The van der Waals surface area contributed by atoms with E-state index in [1.54, 1.807) is 0 Å². The van der Waals surface area contributed by atoms with Crippen LogP contribution in [0, 0.1) is 5.82 Å². The van der Waals surface area contributed by atoms with Crippen LogP contribution in [0.1, 0.15) is 18.6 Å². The zero-order valence-corrected chi connectivity index (χ0v) is 10.7. The third kappa shape index (κ3) is 2.18. The van der Waals surface area contributed by atoms with Crippen molar-refractivity contribution >= 4 is 10.9 Å². The van der Waals surface area contributed by atoms with Gasteiger partial charge in [0.2, 0.25) is 5.89 Å². The number of fused-ring (bicyclic) bond motifs is 1. The standard InChI is InChI=1S/C13H11FN4O2/c1-2-11-16-12(20-17-11)6-18-7-15-10-5-8(14)3-4-9(10)13(18)19/h3-5,7H,2,6H2,1H3. The molecule has 7 heteroatoms. The van der Waals surface area contributed by atoms with Gasteiger partial charge in [0.1, 0.15) is 12.4 Å². The first-order valence-electron chi connectivity index (χ1n) is 6.13. The molecule has 0 radical (unpaired) electrons. The van der Waals surface area contributed by atoms with Crippen LogP contribution < -0.4 is 5.56 Å². The van der Waals surface area contributed by atoms with E-state index < -0.39 is 5.82 Å². The molecule has 1 aromatic carbocycles. The van der Waals surface area contributed by atoms with E-state index in [4.69, 9.17) is 4.52 Å². The maximum atomic E-state index is 13.1. The van der Waals surface area contributed by atoms with Crippen molar-refractivity contribution in [2.75, 3.05) is 0 Å². The fraction of sp³-hybridized carbons (Fsp3) is 0.231. The van der Waals surface area contributed by atoms with E-state index in [1.807, 2.05) is 6.92 Å². The highest BCUT2D eigenvalue weighted by molar-refractivity contribution is 5.77. The molecule has 0 fully saturated rings. The van der Waals surface area contributed by atoms with Crippen LogP contribution >= 0.6 is 0 Å². The zero-order valence-electron chi connectivity index (χ0n) is 10.7. The second-order valence-electron chi connectivity index (χ2n) is 4.30. The van der Waals surface area contributed by atoms with Crippen LogP contribution in [-0.2, 0) is 13.0 Å². The fourth-order valence-electron chi connectivity index (χ4n) is 1.89. The van der Waals surface area contributed by atoms with Crippen molar-refractivity contribution < 1.29 is 8.91 Å². The van der Waals surface area contributed by atoms with Gasteiger partial charge in [0.15, 0.2) is 5.82 Å². The number of nitrogens with zero attached hydrogens (tertiary/aromatic N) is 4. The molecule has 0 bridgehead atoms. The Morgan fingerprint density at radius 3 is 3.00 bits per heavy atom. The molecule has 0 aliphatic heterocycles. The Kier molecular flexibility index (Phi) is 3.02. The first kappa shape index (κ1) is 12.5. The van der Waals surface area contributed by atoms with Crippen LogP contribution in [0.15, 0.2) is 33.8 Å². The number of rotatable bonds is 3. The van der Waals surface area contributed by atoms with Gasteiger partial charge in [-0.1, -0.05) is 12.1 Å². The van der Waals surface area contributed by atoms with Crippen molar-refractivity contribution in [3.05, 3.63) is 52.4 Å². The van der Waals surface area contributed by atoms with Crippen molar-refractivity contribution in [3.63, 3.8) is 0 Å². The number of aryl methyl sites for hydroxylation is 1. The van der Waals surface area contributed by atoms with Gasteiger partial charge in [-0.25, -0.2) is 9.37 Å². The highest BCUT2D eigenvalue weighted by atomic mass is 19.1. The summed E-state index contributed by atoms with van der Waals surface area (Å²) in [5.41, 5.74) is 0.0530. The Balaban J connectivity index is 2.02. The molecule has 0 spiro atoms. The molecule has 2 heterocycles. The molecule has 0 amide bonds. The van der Waals surface area contributed by atoms with E-state index >= 15 is 0 Å². The molecule has 2 aromatic heterocycles. The van der Waals surface area contributed by atoms with Gasteiger partial charge >= 0.3 is 0 Å². The third-order valence-corrected chi connectivity index (χ3v) is 2.92. The summed E-state index contributed by atoms with van der Waals surface area (Å²) >= 11 is 0. The van der Waals surface area contributed by atoms with Crippen LogP contribution in [0.4, 0.5) is 4.39 Å². The molecule has 20 heavy (non-hydrogen) atoms. The molecule has 0 aliphatic carbocycles. The molecule has 6 nitrogen and oxygen atoms in total. The number of hydrogen-bond donors (Lipinski definition) is 0. The van der Waals surface area contributed by atoms with Crippen LogP contribution in [0.2, 0.25) is 0 Å². The van der Waals surface area contributed by atoms with Crippen LogP contribution in [0.3, 0.4) is 0 Å². The van der Waals surface area contributed by atoms with E-state index in [2.05, 4.69) is 15.1 Å². The topological polar surface area (TPSA) is 73.8 Å². The SMILES string of the molecule is CCc1noc(Cn2cnc3cc(F)ccc3c2=O)n1. The molecule has 3 aromatic rings. The Morgan fingerprint density at radius 2 is 2.25 bits per heavy atom. The van der Waals surface area contributed by atoms with Crippen molar-refractivity contribution in [1.29, 1.82) is 0 Å². The average Bonchev–Trinajstić information content (AvgIpc) is 2.89. The highest BCUT2D eigenvalue weighted by Crippen LogP contribution is 2.09. The Bertz CT molecular complexity index is 825. The molecule has 102 valence electrons. The highest BCUT2D eigenvalue weighted by Gasteiger charge is 2.09. The van der Waals surface area contributed by atoms with Gasteiger partial charge in [0.05, 0.1) is 17.2 Å². The van der Waals surface area contributed by atoms with E-state index in [1.165, 1.54) is 29.1 Å². The van der Waals surface area contributed by atoms with E-state index in [0.29, 0.717) is 29.0 Å². The minimum atomic E-state index is -0.424. The molecule has 0 N–H and O–H groups in total. The van der Waals surface area contributed by atoms with Crippen LogP contribution in [0.25, 0.3) is 10.9 Å². The average molecular weight is 274 g/mol. The van der Waals surface area contributed by atoms with Crippen molar-refractivity contribution in [1.82, 2.24) is 19.7 Å². The second kappa shape index (κ2) is 4.84. The third-order valence-electron chi connectivity index (χ3n) is 2.92. The number of hydrogen-bond acceptors (Lipinski definition) is 5. The summed E-state index contributed by atoms with van der Waals surface area (Å²) in [6, 6.07) is 3.88. The van der Waals surface area contributed by atoms with E-state index in [0.717, 1.165) is 0 Å². The molecule has 0 saturated heterocycles. The largest absolute Gasteiger partial charge is 0.337 e. The van der Waals surface area contributed by atoms with Gasteiger partial charge in [0.25, 0.3) is 5.56 Å². The molecule has 0 aliphatic rings. The van der Waals surface area contributed by atoms with Crippen molar-refractivity contribution in [2.45, 2.75) is 19.9 Å². The lowest BCUT2D eigenvalue weighted by Gasteiger charge is -2.03. The smallest absolute Gasteiger partial charge is 0.261 e. The number of halogens is 1. The van der Waals surface area contributed by atoms with Crippen molar-refractivity contribution in [3.8, 4) is 0 Å². The van der Waals surface area contributed by atoms with Crippen molar-refractivity contribution in [2.24, 2.45) is 0 Å². The zero-order chi connectivity index (χ0) is 14.1. The minimum Gasteiger partial charge on any atom is -0.337 e. The molecule has 0 unspecified atom stereocenters. The van der Waals surface area contributed by atoms with Gasteiger partial charge in [-0.15, -0.1) is 0 Å². The van der Waals surface area contributed by atoms with Gasteiger partial charge in [0, 0.05) is 12.5 Å². The second-order valence-corrected chi connectivity index (χ2v) is 4.30. The first-order valence-corrected chi connectivity index (χ1v) is 6.13. The van der Waals surface area contributed by atoms with Gasteiger partial charge < -0.3 is 4.52 Å². The molecular weight excluding hydrogens is 263 g/mol. The maximum Gasteiger partial charge on any atom is 0.261 e. The van der Waals surface area contributed by atoms with Gasteiger partial charge in [-0.2, -0.15) is 4.98 Å². The molecular formula is C13H11FN4O2. The monoisotopic (exact) mass is 274 g/mol. The first-order chi connectivity index (χ1) is 9.67. The summed E-state index contributed by atoms with van der Waals surface area (Å²) in [7, 11) is 0. The number of aromatic nitrogens is 4. The summed E-state index contributed by atoms with van der Waals surface area (Å²) in [6.45, 7) is 2.05. The van der Waals surface area contributed by atoms with Gasteiger partial charge in [-0.3, -0.25) is 9.36 Å². The van der Waals surface area contributed by atoms with Gasteiger partial charge in [-0.05, 0) is 12.1 Å². The van der Waals surface area contributed by atoms with E-state index in [9.17, 15) is 9.18 Å². The molecule has 0 atom stereocenters. The molecule has 0 saturated carbocycles. The lowest BCUT2D eigenvalue weighted by Crippen LogP contribution is -2.21. The fourth-order valence-corrected chi connectivity index (χ4v) is 1.89. The predicted molar refractivity (Wildman–Crippen MR) is 68.7 cm³/mol. The number of benzene rings is 1. The maximum absolute atomic E-state index is 13.1. The Morgan fingerprint density at radius 1 is 1.40 bits per heavy atom. The normalized spacial score (nSPS) is 11.1. The lowest BCUT2D eigenvalue weighted by atomic mass is 10.2. The quantitative estimate of drug-likeness (QED) is 0.724. The Hall–Kier alpha value is -2.57.